The third kappa shape index (κ3) is 3.10. The molecular weight excluding hydrogens is 316 g/mol. The standard InChI is InChI=1S/C15H20N4O5/c1-17-10(12(22)16-7-5-4-6-11(20)21)8-9-13(17)18(2)15(24)19(3)14(9)23/h8H,4-7H2,1-3H3,(H,16,22)(H,20,21). The van der Waals surface area contributed by atoms with Crippen LogP contribution in [0, 0.1) is 0 Å². The van der Waals surface area contributed by atoms with Crippen LogP contribution < -0.4 is 16.6 Å². The van der Waals surface area contributed by atoms with E-state index in [1.165, 1.54) is 29.3 Å². The van der Waals surface area contributed by atoms with Crippen LogP contribution in [-0.2, 0) is 25.9 Å². The van der Waals surface area contributed by atoms with Crippen LogP contribution in [0.1, 0.15) is 29.8 Å². The lowest BCUT2D eigenvalue weighted by molar-refractivity contribution is -0.137. The zero-order valence-corrected chi connectivity index (χ0v) is 13.8. The Bertz CT molecular complexity index is 919. The number of carbonyl (C=O) groups excluding carboxylic acids is 1. The van der Waals surface area contributed by atoms with Gasteiger partial charge < -0.3 is 15.0 Å². The number of carbonyl (C=O) groups is 2. The van der Waals surface area contributed by atoms with E-state index in [-0.39, 0.29) is 23.4 Å². The van der Waals surface area contributed by atoms with Gasteiger partial charge in [-0.15, -0.1) is 0 Å². The molecule has 9 heteroatoms. The summed E-state index contributed by atoms with van der Waals surface area (Å²) in [5, 5.41) is 11.5. The van der Waals surface area contributed by atoms with Gasteiger partial charge in [-0.3, -0.25) is 23.5 Å². The second kappa shape index (κ2) is 6.73. The van der Waals surface area contributed by atoms with Crippen LogP contribution in [0.4, 0.5) is 0 Å². The maximum absolute atomic E-state index is 12.3. The molecule has 0 saturated carbocycles. The van der Waals surface area contributed by atoms with Gasteiger partial charge in [0.1, 0.15) is 11.3 Å². The van der Waals surface area contributed by atoms with Crippen LogP contribution >= 0.6 is 0 Å². The Morgan fingerprint density at radius 1 is 1.08 bits per heavy atom. The number of carboxylic acid groups (broad SMARTS) is 1. The summed E-state index contributed by atoms with van der Waals surface area (Å²) in [4.78, 5) is 46.9. The number of hydrogen-bond donors (Lipinski definition) is 2. The molecule has 0 aliphatic heterocycles. The number of hydrogen-bond acceptors (Lipinski definition) is 4. The molecule has 2 rings (SSSR count). The molecule has 9 nitrogen and oxygen atoms in total. The van der Waals surface area contributed by atoms with E-state index >= 15 is 0 Å². The Labute approximate surface area is 137 Å². The van der Waals surface area contributed by atoms with Gasteiger partial charge in [-0.25, -0.2) is 4.79 Å². The molecule has 2 heterocycles. The molecule has 0 spiro atoms. The second-order valence-electron chi connectivity index (χ2n) is 5.64. The van der Waals surface area contributed by atoms with Crippen LogP contribution in [0.15, 0.2) is 15.7 Å². The molecule has 0 unspecified atom stereocenters. The van der Waals surface area contributed by atoms with E-state index in [2.05, 4.69) is 5.32 Å². The van der Waals surface area contributed by atoms with Crippen LogP contribution in [0.25, 0.3) is 11.0 Å². The lowest BCUT2D eigenvalue weighted by atomic mass is 10.2. The van der Waals surface area contributed by atoms with Gasteiger partial charge in [-0.05, 0) is 18.9 Å². The summed E-state index contributed by atoms with van der Waals surface area (Å²) in [5.74, 6) is -1.25. The molecule has 0 fully saturated rings. The minimum atomic E-state index is -0.869. The molecule has 0 saturated heterocycles. The predicted molar refractivity (Wildman–Crippen MR) is 87.2 cm³/mol. The predicted octanol–water partition coefficient (Wildman–Crippen LogP) is -0.440. The Hall–Kier alpha value is -2.84. The first kappa shape index (κ1) is 17.5. The van der Waals surface area contributed by atoms with Gasteiger partial charge in [0.15, 0.2) is 0 Å². The van der Waals surface area contributed by atoms with Crippen molar-refractivity contribution in [2.75, 3.05) is 6.54 Å². The van der Waals surface area contributed by atoms with Gasteiger partial charge in [0.05, 0.1) is 5.39 Å². The van der Waals surface area contributed by atoms with Gasteiger partial charge in [0, 0.05) is 34.1 Å². The number of aromatic nitrogens is 3. The number of carboxylic acids is 1. The molecule has 2 aromatic heterocycles. The molecule has 0 bridgehead atoms. The quantitative estimate of drug-likeness (QED) is 0.694. The van der Waals surface area contributed by atoms with Crippen molar-refractivity contribution in [3.63, 3.8) is 0 Å². The van der Waals surface area contributed by atoms with Gasteiger partial charge >= 0.3 is 11.7 Å². The van der Waals surface area contributed by atoms with Crippen molar-refractivity contribution in [3.8, 4) is 0 Å². The van der Waals surface area contributed by atoms with E-state index in [4.69, 9.17) is 5.11 Å². The Morgan fingerprint density at radius 3 is 2.38 bits per heavy atom. The molecule has 0 aliphatic carbocycles. The minimum absolute atomic E-state index is 0.0576. The fourth-order valence-electron chi connectivity index (χ4n) is 2.65. The lowest BCUT2D eigenvalue weighted by Gasteiger charge is -2.08. The largest absolute Gasteiger partial charge is 0.481 e. The molecule has 24 heavy (non-hydrogen) atoms. The average molecular weight is 336 g/mol. The SMILES string of the molecule is Cn1c(=O)c2cc(C(=O)NCCCCC(=O)O)n(C)c2n(C)c1=O. The summed E-state index contributed by atoms with van der Waals surface area (Å²) in [6, 6.07) is 1.46. The molecule has 2 aromatic rings. The topological polar surface area (TPSA) is 115 Å². The number of aliphatic carboxylic acids is 1. The maximum Gasteiger partial charge on any atom is 0.332 e. The smallest absolute Gasteiger partial charge is 0.332 e. The number of nitrogens with one attached hydrogen (secondary N) is 1. The number of fused-ring (bicyclic) bond motifs is 1. The molecular formula is C15H20N4O5. The van der Waals surface area contributed by atoms with Crippen molar-refractivity contribution in [1.29, 1.82) is 0 Å². The van der Waals surface area contributed by atoms with Gasteiger partial charge in [-0.2, -0.15) is 0 Å². The Balaban J connectivity index is 2.26. The molecule has 130 valence electrons. The normalized spacial score (nSPS) is 11.0. The maximum atomic E-state index is 12.3. The summed E-state index contributed by atoms with van der Waals surface area (Å²) in [6.07, 6.45) is 1.07. The van der Waals surface area contributed by atoms with Crippen molar-refractivity contribution in [3.05, 3.63) is 32.6 Å². The number of nitrogens with zero attached hydrogens (tertiary/aromatic N) is 3. The molecule has 0 aliphatic rings. The number of aryl methyl sites for hydroxylation is 2. The van der Waals surface area contributed by atoms with E-state index < -0.39 is 17.2 Å². The average Bonchev–Trinajstić information content (AvgIpc) is 2.87. The highest BCUT2D eigenvalue weighted by molar-refractivity contribution is 5.97. The van der Waals surface area contributed by atoms with E-state index in [1.807, 2.05) is 0 Å². The first-order valence-electron chi connectivity index (χ1n) is 7.51. The number of unbranched alkanes of at least 4 members (excludes halogenated alkanes) is 1. The Kier molecular flexibility index (Phi) is 4.91. The summed E-state index contributed by atoms with van der Waals surface area (Å²) in [7, 11) is 4.54. The fraction of sp³-hybridized carbons (Fsp3) is 0.467. The van der Waals surface area contributed by atoms with Gasteiger partial charge in [0.2, 0.25) is 0 Å². The third-order valence-corrected chi connectivity index (χ3v) is 3.96. The van der Waals surface area contributed by atoms with Gasteiger partial charge in [0.25, 0.3) is 11.5 Å². The van der Waals surface area contributed by atoms with E-state index in [9.17, 15) is 19.2 Å². The zero-order chi connectivity index (χ0) is 18.0. The second-order valence-corrected chi connectivity index (χ2v) is 5.64. The van der Waals surface area contributed by atoms with Crippen molar-refractivity contribution in [1.82, 2.24) is 19.0 Å². The lowest BCUT2D eigenvalue weighted by Crippen LogP contribution is -2.37. The van der Waals surface area contributed by atoms with Crippen molar-refractivity contribution >= 4 is 22.9 Å². The van der Waals surface area contributed by atoms with E-state index in [0.29, 0.717) is 25.0 Å². The van der Waals surface area contributed by atoms with Crippen molar-refractivity contribution < 1.29 is 14.7 Å². The first-order chi connectivity index (χ1) is 11.3. The van der Waals surface area contributed by atoms with Crippen molar-refractivity contribution in [2.45, 2.75) is 19.3 Å². The number of amides is 1. The van der Waals surface area contributed by atoms with E-state index in [0.717, 1.165) is 4.57 Å². The Morgan fingerprint density at radius 2 is 1.75 bits per heavy atom. The highest BCUT2D eigenvalue weighted by Crippen LogP contribution is 2.13. The molecule has 1 amide bonds. The fourth-order valence-corrected chi connectivity index (χ4v) is 2.65. The highest BCUT2D eigenvalue weighted by Gasteiger charge is 2.18. The molecule has 0 aromatic carbocycles. The summed E-state index contributed by atoms with van der Waals surface area (Å²) < 4.78 is 3.82. The van der Waals surface area contributed by atoms with Crippen LogP contribution in [0.3, 0.4) is 0 Å². The summed E-state index contributed by atoms with van der Waals surface area (Å²) in [6.45, 7) is 0.338. The van der Waals surface area contributed by atoms with Crippen LogP contribution in [-0.4, -0.2) is 37.2 Å². The summed E-state index contributed by atoms with van der Waals surface area (Å²) in [5.41, 5.74) is -0.279. The molecule has 0 radical (unpaired) electrons. The van der Waals surface area contributed by atoms with Crippen molar-refractivity contribution in [2.24, 2.45) is 21.1 Å². The monoisotopic (exact) mass is 336 g/mol. The van der Waals surface area contributed by atoms with Gasteiger partial charge in [-0.1, -0.05) is 0 Å². The number of rotatable bonds is 6. The first-order valence-corrected chi connectivity index (χ1v) is 7.51. The molecule has 2 N–H and O–H groups in total. The highest BCUT2D eigenvalue weighted by atomic mass is 16.4. The minimum Gasteiger partial charge on any atom is -0.481 e. The van der Waals surface area contributed by atoms with Crippen LogP contribution in [0.5, 0.6) is 0 Å². The zero-order valence-electron chi connectivity index (χ0n) is 13.8. The third-order valence-electron chi connectivity index (χ3n) is 3.96. The van der Waals surface area contributed by atoms with E-state index in [1.54, 1.807) is 7.05 Å². The molecule has 0 atom stereocenters. The van der Waals surface area contributed by atoms with Crippen LogP contribution in [0.2, 0.25) is 0 Å². The summed E-state index contributed by atoms with van der Waals surface area (Å²) >= 11 is 0.